The topological polar surface area (TPSA) is 17.1 Å². The molecule has 0 aromatic carbocycles. The first-order chi connectivity index (χ1) is 7.72. The summed E-state index contributed by atoms with van der Waals surface area (Å²) in [6.07, 6.45) is 6.00. The minimum Gasteiger partial charge on any atom is -0.294 e. The molecule has 0 aliphatic heterocycles. The maximum atomic E-state index is 12.3. The molecule has 0 bridgehead atoms. The van der Waals surface area contributed by atoms with Crippen molar-refractivity contribution in [2.75, 3.05) is 0 Å². The molecule has 0 radical (unpaired) electrons. The van der Waals surface area contributed by atoms with Gasteiger partial charge in [-0.05, 0) is 36.6 Å². The predicted molar refractivity (Wildman–Crippen MR) is 69.1 cm³/mol. The summed E-state index contributed by atoms with van der Waals surface area (Å²) in [6, 6.07) is 0. The lowest BCUT2D eigenvalue weighted by Crippen LogP contribution is -2.22. The second-order valence-electron chi connectivity index (χ2n) is 4.97. The predicted octanol–water partition coefficient (Wildman–Crippen LogP) is 4.46. The molecule has 0 saturated heterocycles. The van der Waals surface area contributed by atoms with Crippen LogP contribution in [0.25, 0.3) is 0 Å². The largest absolute Gasteiger partial charge is 0.294 e. The van der Waals surface area contributed by atoms with Crippen LogP contribution in [0.3, 0.4) is 0 Å². The molecule has 1 aromatic rings. The minimum atomic E-state index is 0.298. The van der Waals surface area contributed by atoms with Gasteiger partial charge in [-0.15, -0.1) is 0 Å². The molecule has 0 amide bonds. The van der Waals surface area contributed by atoms with E-state index in [4.69, 9.17) is 0 Å². The molecule has 2 rings (SSSR count). The first-order valence-electron chi connectivity index (χ1n) is 6.29. The van der Waals surface area contributed by atoms with Gasteiger partial charge in [0.1, 0.15) is 0 Å². The Kier molecular flexibility index (Phi) is 3.80. The van der Waals surface area contributed by atoms with E-state index < -0.39 is 0 Å². The molecule has 0 N–H and O–H groups in total. The Morgan fingerprint density at radius 1 is 1.44 bits per heavy atom. The molecule has 1 aromatic heterocycles. The Labute approximate surface area is 102 Å². The summed E-state index contributed by atoms with van der Waals surface area (Å²) < 4.78 is 0. The fraction of sp³-hybridized carbons (Fsp3) is 0.643. The fourth-order valence-corrected chi connectivity index (χ4v) is 3.57. The highest BCUT2D eigenvalue weighted by molar-refractivity contribution is 7.08. The number of hydrogen-bond donors (Lipinski definition) is 0. The molecule has 1 fully saturated rings. The average Bonchev–Trinajstić information content (AvgIpc) is 2.74. The van der Waals surface area contributed by atoms with Crippen LogP contribution in [0.5, 0.6) is 0 Å². The van der Waals surface area contributed by atoms with E-state index in [9.17, 15) is 4.79 Å². The van der Waals surface area contributed by atoms with Crippen molar-refractivity contribution in [3.05, 3.63) is 21.9 Å². The van der Waals surface area contributed by atoms with Gasteiger partial charge in [-0.25, -0.2) is 0 Å². The van der Waals surface area contributed by atoms with E-state index in [0.717, 1.165) is 29.9 Å². The van der Waals surface area contributed by atoms with Crippen LogP contribution in [0.1, 0.15) is 54.9 Å². The standard InChI is InChI=1S/C14H20OS/c1-3-11-5-4-6-12(7-11)14(15)13-9-16-8-10(13)2/h8-9,11-12H,3-7H2,1-2H3. The number of carbonyl (C=O) groups excluding carboxylic acids is 1. The first-order valence-corrected chi connectivity index (χ1v) is 7.23. The van der Waals surface area contributed by atoms with Crippen molar-refractivity contribution in [3.63, 3.8) is 0 Å². The van der Waals surface area contributed by atoms with Gasteiger partial charge in [0.2, 0.25) is 0 Å². The lowest BCUT2D eigenvalue weighted by atomic mass is 9.77. The molecular formula is C14H20OS. The fourth-order valence-electron chi connectivity index (χ4n) is 2.73. The Bertz CT molecular complexity index is 367. The maximum Gasteiger partial charge on any atom is 0.167 e. The monoisotopic (exact) mass is 236 g/mol. The van der Waals surface area contributed by atoms with Gasteiger partial charge in [0, 0.05) is 16.9 Å². The van der Waals surface area contributed by atoms with E-state index in [1.807, 2.05) is 12.3 Å². The van der Waals surface area contributed by atoms with E-state index in [-0.39, 0.29) is 0 Å². The molecule has 1 nitrogen and oxygen atoms in total. The highest BCUT2D eigenvalue weighted by atomic mass is 32.1. The number of carbonyl (C=O) groups is 1. The van der Waals surface area contributed by atoms with Crippen molar-refractivity contribution in [3.8, 4) is 0 Å². The van der Waals surface area contributed by atoms with Crippen LogP contribution in [0, 0.1) is 18.8 Å². The summed E-state index contributed by atoms with van der Waals surface area (Å²) in [6.45, 7) is 4.29. The van der Waals surface area contributed by atoms with Gasteiger partial charge in [-0.2, -0.15) is 11.3 Å². The Morgan fingerprint density at radius 2 is 2.25 bits per heavy atom. The van der Waals surface area contributed by atoms with E-state index in [1.165, 1.54) is 19.3 Å². The van der Waals surface area contributed by atoms with E-state index >= 15 is 0 Å². The summed E-state index contributed by atoms with van der Waals surface area (Å²) in [5.74, 6) is 1.48. The summed E-state index contributed by atoms with van der Waals surface area (Å²) in [4.78, 5) is 12.3. The smallest absolute Gasteiger partial charge is 0.167 e. The van der Waals surface area contributed by atoms with Gasteiger partial charge in [-0.1, -0.05) is 26.2 Å². The van der Waals surface area contributed by atoms with Crippen LogP contribution < -0.4 is 0 Å². The van der Waals surface area contributed by atoms with Crippen LogP contribution >= 0.6 is 11.3 Å². The van der Waals surface area contributed by atoms with Gasteiger partial charge in [-0.3, -0.25) is 4.79 Å². The van der Waals surface area contributed by atoms with E-state index in [0.29, 0.717) is 11.7 Å². The molecule has 2 unspecified atom stereocenters. The van der Waals surface area contributed by atoms with Gasteiger partial charge in [0.15, 0.2) is 5.78 Å². The molecule has 1 saturated carbocycles. The average molecular weight is 236 g/mol. The van der Waals surface area contributed by atoms with Gasteiger partial charge in [0.05, 0.1) is 0 Å². The Balaban J connectivity index is 2.07. The van der Waals surface area contributed by atoms with Crippen molar-refractivity contribution in [1.82, 2.24) is 0 Å². The quantitative estimate of drug-likeness (QED) is 0.708. The van der Waals surface area contributed by atoms with Crippen LogP contribution in [0.15, 0.2) is 10.8 Å². The summed E-state index contributed by atoms with van der Waals surface area (Å²) in [7, 11) is 0. The maximum absolute atomic E-state index is 12.3. The molecule has 2 heteroatoms. The normalized spacial score (nSPS) is 25.6. The van der Waals surface area contributed by atoms with Crippen molar-refractivity contribution in [1.29, 1.82) is 0 Å². The molecule has 16 heavy (non-hydrogen) atoms. The Morgan fingerprint density at radius 3 is 2.88 bits per heavy atom. The molecule has 1 heterocycles. The molecular weight excluding hydrogens is 216 g/mol. The number of rotatable bonds is 3. The molecule has 0 spiro atoms. The van der Waals surface area contributed by atoms with Crippen molar-refractivity contribution in [2.45, 2.75) is 46.0 Å². The number of thiophene rings is 1. The molecule has 2 atom stereocenters. The highest BCUT2D eigenvalue weighted by Gasteiger charge is 2.27. The van der Waals surface area contributed by atoms with E-state index in [1.54, 1.807) is 11.3 Å². The van der Waals surface area contributed by atoms with Gasteiger partial charge >= 0.3 is 0 Å². The number of Topliss-reactive ketones (excluding diaryl/α,β-unsaturated/α-hetero) is 1. The van der Waals surface area contributed by atoms with Crippen molar-refractivity contribution in [2.24, 2.45) is 11.8 Å². The van der Waals surface area contributed by atoms with Crippen LogP contribution in [-0.2, 0) is 0 Å². The molecule has 88 valence electrons. The zero-order chi connectivity index (χ0) is 11.5. The van der Waals surface area contributed by atoms with Crippen molar-refractivity contribution >= 4 is 17.1 Å². The van der Waals surface area contributed by atoms with Crippen molar-refractivity contribution < 1.29 is 4.79 Å². The van der Waals surface area contributed by atoms with Gasteiger partial charge < -0.3 is 0 Å². The third kappa shape index (κ3) is 2.37. The lowest BCUT2D eigenvalue weighted by molar-refractivity contribution is 0.0862. The SMILES string of the molecule is CCC1CCCC(C(=O)c2cscc2C)C1. The minimum absolute atomic E-state index is 0.298. The lowest BCUT2D eigenvalue weighted by Gasteiger charge is -2.27. The number of hydrogen-bond acceptors (Lipinski definition) is 2. The third-order valence-corrected chi connectivity index (χ3v) is 4.71. The highest BCUT2D eigenvalue weighted by Crippen LogP contribution is 2.33. The molecule has 1 aliphatic carbocycles. The second-order valence-corrected chi connectivity index (χ2v) is 5.71. The number of ketones is 1. The second kappa shape index (κ2) is 5.13. The Hall–Kier alpha value is -0.630. The molecule has 1 aliphatic rings. The first kappa shape index (κ1) is 11.8. The van der Waals surface area contributed by atoms with Crippen LogP contribution in [0.4, 0.5) is 0 Å². The van der Waals surface area contributed by atoms with Crippen LogP contribution in [-0.4, -0.2) is 5.78 Å². The van der Waals surface area contributed by atoms with Gasteiger partial charge in [0.25, 0.3) is 0 Å². The summed E-state index contributed by atoms with van der Waals surface area (Å²) in [5, 5.41) is 4.10. The third-order valence-electron chi connectivity index (χ3n) is 3.85. The van der Waals surface area contributed by atoms with E-state index in [2.05, 4.69) is 12.3 Å². The zero-order valence-corrected chi connectivity index (χ0v) is 11.0. The summed E-state index contributed by atoms with van der Waals surface area (Å²) >= 11 is 1.64. The van der Waals surface area contributed by atoms with Crippen LogP contribution in [0.2, 0.25) is 0 Å². The summed E-state index contributed by atoms with van der Waals surface area (Å²) in [5.41, 5.74) is 2.14. The zero-order valence-electron chi connectivity index (χ0n) is 10.2. The number of aryl methyl sites for hydroxylation is 1.